The zero-order valence-corrected chi connectivity index (χ0v) is 30.9. The van der Waals surface area contributed by atoms with Crippen LogP contribution in [0, 0.1) is 0 Å². The van der Waals surface area contributed by atoms with E-state index in [1.807, 2.05) is 36.4 Å². The van der Waals surface area contributed by atoms with E-state index >= 15 is 0 Å². The van der Waals surface area contributed by atoms with Crippen molar-refractivity contribution in [2.24, 2.45) is 0 Å². The molecule has 0 aliphatic rings. The highest BCUT2D eigenvalue weighted by atomic mass is 15.0. The molecule has 0 saturated heterocycles. The minimum atomic E-state index is 0.614. The number of hydrogen-bond donors (Lipinski definition) is 0. The van der Waals surface area contributed by atoms with Crippen molar-refractivity contribution in [2.45, 2.75) is 0 Å². The fourth-order valence-electron chi connectivity index (χ4n) is 8.33. The van der Waals surface area contributed by atoms with Crippen molar-refractivity contribution >= 4 is 43.4 Å². The summed E-state index contributed by atoms with van der Waals surface area (Å²) in [5.41, 5.74) is 10.5. The third-order valence-corrected chi connectivity index (χ3v) is 11.0. The first-order valence-corrected chi connectivity index (χ1v) is 19.3. The van der Waals surface area contributed by atoms with Crippen LogP contribution in [-0.4, -0.2) is 19.5 Å². The fraction of sp³-hybridized carbons (Fsp3) is 0. The largest absolute Gasteiger partial charge is 0.308 e. The van der Waals surface area contributed by atoms with Gasteiger partial charge in [-0.1, -0.05) is 176 Å². The molecule has 11 rings (SSSR count). The molecule has 266 valence electrons. The lowest BCUT2D eigenvalue weighted by molar-refractivity contribution is 1.07. The Bertz CT molecular complexity index is 3150. The summed E-state index contributed by atoms with van der Waals surface area (Å²) >= 11 is 0. The second-order valence-corrected chi connectivity index (χ2v) is 14.4. The van der Waals surface area contributed by atoms with Gasteiger partial charge < -0.3 is 4.57 Å². The van der Waals surface area contributed by atoms with Gasteiger partial charge in [0, 0.05) is 38.6 Å². The molecule has 2 aromatic heterocycles. The van der Waals surface area contributed by atoms with Gasteiger partial charge in [-0.2, -0.15) is 0 Å². The van der Waals surface area contributed by atoms with Gasteiger partial charge in [-0.3, -0.25) is 0 Å². The van der Waals surface area contributed by atoms with Gasteiger partial charge in [0.2, 0.25) is 0 Å². The SMILES string of the molecule is c1ccc(-c2nc(-c3ccccc3)nc(-c3cc(-c4ccccc4)c(-n4c5cc6ccccc6cc5c5c6ccccc6ccc54)c(-c4ccccc4)c3)n2)cc1. The Morgan fingerprint density at radius 3 is 1.28 bits per heavy atom. The van der Waals surface area contributed by atoms with Crippen LogP contribution in [0.25, 0.3) is 105 Å². The van der Waals surface area contributed by atoms with E-state index in [9.17, 15) is 0 Å². The first-order chi connectivity index (χ1) is 28.3. The van der Waals surface area contributed by atoms with Crippen molar-refractivity contribution in [1.82, 2.24) is 19.5 Å². The van der Waals surface area contributed by atoms with E-state index in [-0.39, 0.29) is 0 Å². The summed E-state index contributed by atoms with van der Waals surface area (Å²) in [5.74, 6) is 1.88. The third-order valence-electron chi connectivity index (χ3n) is 11.0. The summed E-state index contributed by atoms with van der Waals surface area (Å²) in [6.45, 7) is 0. The summed E-state index contributed by atoms with van der Waals surface area (Å²) in [7, 11) is 0. The molecule has 0 fully saturated rings. The highest BCUT2D eigenvalue weighted by Crippen LogP contribution is 2.45. The van der Waals surface area contributed by atoms with Crippen LogP contribution in [0.1, 0.15) is 0 Å². The molecular weight excluding hydrogens is 693 g/mol. The van der Waals surface area contributed by atoms with Gasteiger partial charge in [0.15, 0.2) is 17.5 Å². The number of fused-ring (bicyclic) bond motifs is 6. The van der Waals surface area contributed by atoms with Crippen LogP contribution in [0.2, 0.25) is 0 Å². The monoisotopic (exact) mass is 726 g/mol. The molecule has 2 heterocycles. The molecule has 0 spiro atoms. The van der Waals surface area contributed by atoms with Gasteiger partial charge in [-0.05, 0) is 63.0 Å². The topological polar surface area (TPSA) is 43.6 Å². The van der Waals surface area contributed by atoms with Crippen molar-refractivity contribution in [3.05, 3.63) is 206 Å². The molecule has 4 nitrogen and oxygen atoms in total. The molecule has 0 atom stereocenters. The lowest BCUT2D eigenvalue weighted by Gasteiger charge is -2.21. The number of nitrogens with zero attached hydrogens (tertiary/aromatic N) is 4. The lowest BCUT2D eigenvalue weighted by atomic mass is 9.92. The van der Waals surface area contributed by atoms with Crippen molar-refractivity contribution in [2.75, 3.05) is 0 Å². The predicted molar refractivity (Wildman–Crippen MR) is 236 cm³/mol. The summed E-state index contributed by atoms with van der Waals surface area (Å²) in [6, 6.07) is 73.0. The summed E-state index contributed by atoms with van der Waals surface area (Å²) in [6.07, 6.45) is 0. The van der Waals surface area contributed by atoms with Crippen LogP contribution in [0.4, 0.5) is 0 Å². The van der Waals surface area contributed by atoms with Crippen LogP contribution in [-0.2, 0) is 0 Å². The Balaban J connectivity index is 1.29. The maximum Gasteiger partial charge on any atom is 0.164 e. The molecule has 11 aromatic rings. The minimum absolute atomic E-state index is 0.614. The average molecular weight is 727 g/mol. The summed E-state index contributed by atoms with van der Waals surface area (Å²) in [5, 5.41) is 7.34. The third kappa shape index (κ3) is 5.66. The molecule has 0 aliphatic heterocycles. The highest BCUT2D eigenvalue weighted by Gasteiger charge is 2.24. The molecule has 0 saturated carbocycles. The van der Waals surface area contributed by atoms with E-state index in [2.05, 4.69) is 174 Å². The Labute approximate surface area is 330 Å². The van der Waals surface area contributed by atoms with Crippen molar-refractivity contribution in [3.8, 4) is 62.1 Å². The van der Waals surface area contributed by atoms with Gasteiger partial charge in [0.1, 0.15) is 0 Å². The molecule has 57 heavy (non-hydrogen) atoms. The molecule has 0 radical (unpaired) electrons. The van der Waals surface area contributed by atoms with E-state index < -0.39 is 0 Å². The van der Waals surface area contributed by atoms with Crippen molar-refractivity contribution in [1.29, 1.82) is 0 Å². The summed E-state index contributed by atoms with van der Waals surface area (Å²) in [4.78, 5) is 15.4. The number of aromatic nitrogens is 4. The number of benzene rings is 9. The Morgan fingerprint density at radius 1 is 0.298 bits per heavy atom. The Morgan fingerprint density at radius 2 is 0.737 bits per heavy atom. The van der Waals surface area contributed by atoms with E-state index in [0.717, 1.165) is 55.7 Å². The van der Waals surface area contributed by atoms with E-state index in [1.165, 1.54) is 32.3 Å². The normalized spacial score (nSPS) is 11.5. The van der Waals surface area contributed by atoms with Crippen LogP contribution >= 0.6 is 0 Å². The van der Waals surface area contributed by atoms with Gasteiger partial charge in [-0.25, -0.2) is 15.0 Å². The van der Waals surface area contributed by atoms with E-state index in [4.69, 9.17) is 15.0 Å². The van der Waals surface area contributed by atoms with Gasteiger partial charge >= 0.3 is 0 Å². The maximum absolute atomic E-state index is 5.20. The second-order valence-electron chi connectivity index (χ2n) is 14.4. The molecule has 0 bridgehead atoms. The molecule has 9 aromatic carbocycles. The molecule has 4 heteroatoms. The van der Waals surface area contributed by atoms with Crippen LogP contribution in [0.3, 0.4) is 0 Å². The molecular formula is C53H34N4. The maximum atomic E-state index is 5.20. The van der Waals surface area contributed by atoms with E-state index in [1.54, 1.807) is 0 Å². The van der Waals surface area contributed by atoms with E-state index in [0.29, 0.717) is 17.5 Å². The number of rotatable bonds is 6. The van der Waals surface area contributed by atoms with Crippen LogP contribution in [0.15, 0.2) is 206 Å². The summed E-state index contributed by atoms with van der Waals surface area (Å²) < 4.78 is 2.50. The second kappa shape index (κ2) is 13.6. The molecule has 0 unspecified atom stereocenters. The van der Waals surface area contributed by atoms with Gasteiger partial charge in [0.05, 0.1) is 16.7 Å². The standard InChI is InChI=1S/C53H34N4/c1-5-17-35(18-6-1)44-32-42(53-55-51(38-22-9-3-10-23-38)54-52(56-53)39-24-11-4-12-25-39)33-45(36-19-7-2-8-20-36)50(44)57-47-30-29-37-21-15-16-28-43(37)49(47)46-31-40-26-13-14-27-41(40)34-48(46)57/h1-34H. The smallest absolute Gasteiger partial charge is 0.164 e. The number of hydrogen-bond acceptors (Lipinski definition) is 3. The van der Waals surface area contributed by atoms with Crippen molar-refractivity contribution in [3.63, 3.8) is 0 Å². The van der Waals surface area contributed by atoms with Gasteiger partial charge in [0.25, 0.3) is 0 Å². The zero-order chi connectivity index (χ0) is 37.7. The zero-order valence-electron chi connectivity index (χ0n) is 30.9. The van der Waals surface area contributed by atoms with Crippen LogP contribution < -0.4 is 0 Å². The lowest BCUT2D eigenvalue weighted by Crippen LogP contribution is -2.04. The quantitative estimate of drug-likeness (QED) is 0.171. The first-order valence-electron chi connectivity index (χ1n) is 19.3. The average Bonchev–Trinajstić information content (AvgIpc) is 3.61. The van der Waals surface area contributed by atoms with Gasteiger partial charge in [-0.15, -0.1) is 0 Å². The molecule has 0 N–H and O–H groups in total. The minimum Gasteiger partial charge on any atom is -0.308 e. The van der Waals surface area contributed by atoms with Crippen LogP contribution in [0.5, 0.6) is 0 Å². The highest BCUT2D eigenvalue weighted by molar-refractivity contribution is 6.23. The Kier molecular flexibility index (Phi) is 7.78. The first kappa shape index (κ1) is 32.7. The Hall–Kier alpha value is -7.69. The fourth-order valence-corrected chi connectivity index (χ4v) is 8.33. The molecule has 0 aliphatic carbocycles. The molecule has 0 amide bonds. The van der Waals surface area contributed by atoms with Crippen molar-refractivity contribution < 1.29 is 0 Å². The predicted octanol–water partition coefficient (Wildman–Crippen LogP) is 13.6.